The zero-order valence-corrected chi connectivity index (χ0v) is 15.3. The number of hydrogen-bond acceptors (Lipinski definition) is 4. The summed E-state index contributed by atoms with van der Waals surface area (Å²) in [5, 5.41) is 10.8. The molecule has 0 saturated heterocycles. The summed E-state index contributed by atoms with van der Waals surface area (Å²) >= 11 is 0. The molecule has 2 aromatic heterocycles. The first-order chi connectivity index (χ1) is 13.5. The number of nitrogens with one attached hydrogen (secondary N) is 1. The number of aromatic nitrogens is 2. The van der Waals surface area contributed by atoms with E-state index in [9.17, 15) is 14.7 Å². The Morgan fingerprint density at radius 1 is 1.39 bits per heavy atom. The number of fused-ring (bicyclic) bond motifs is 1. The van der Waals surface area contributed by atoms with Crippen molar-refractivity contribution in [1.29, 1.82) is 0 Å². The maximum atomic E-state index is 11.7. The van der Waals surface area contributed by atoms with Gasteiger partial charge in [-0.15, -0.1) is 0 Å². The van der Waals surface area contributed by atoms with E-state index in [2.05, 4.69) is 21.8 Å². The lowest BCUT2D eigenvalue weighted by Gasteiger charge is -2.10. The molecule has 28 heavy (non-hydrogen) atoms. The van der Waals surface area contributed by atoms with Gasteiger partial charge in [-0.05, 0) is 24.3 Å². The lowest BCUT2D eigenvalue weighted by molar-refractivity contribution is -0.117. The van der Waals surface area contributed by atoms with Gasteiger partial charge in [0.1, 0.15) is 6.10 Å². The van der Waals surface area contributed by atoms with Crippen molar-refractivity contribution in [3.8, 4) is 23.1 Å². The standard InChI is InChI=1S/C21H20N4O3/c1-25(13-26)10-8-17(27)6-5-14-3-2-4-15(11-14)18-12-16-7-9-23-19(16)20(24-18)21(22)28/h2-4,7,9,11-13,17,23,27H,8,10H2,1H3,(H2,22,28)/t17-/m0/s1. The summed E-state index contributed by atoms with van der Waals surface area (Å²) in [4.78, 5) is 31.1. The van der Waals surface area contributed by atoms with Crippen molar-refractivity contribution in [3.63, 3.8) is 0 Å². The molecular formula is C21H20N4O3. The van der Waals surface area contributed by atoms with Crippen molar-refractivity contribution < 1.29 is 14.7 Å². The quantitative estimate of drug-likeness (QED) is 0.447. The van der Waals surface area contributed by atoms with Gasteiger partial charge in [0.05, 0.1) is 11.2 Å². The molecule has 0 spiro atoms. The fourth-order valence-corrected chi connectivity index (χ4v) is 2.76. The number of hydrogen-bond donors (Lipinski definition) is 3. The second-order valence-corrected chi connectivity index (χ2v) is 6.40. The van der Waals surface area contributed by atoms with Crippen LogP contribution in [0.15, 0.2) is 42.6 Å². The highest BCUT2D eigenvalue weighted by Crippen LogP contribution is 2.24. The number of carbonyl (C=O) groups excluding carboxylic acids is 2. The van der Waals surface area contributed by atoms with E-state index in [4.69, 9.17) is 5.73 Å². The zero-order valence-electron chi connectivity index (χ0n) is 15.3. The fourth-order valence-electron chi connectivity index (χ4n) is 2.76. The number of primary amides is 1. The van der Waals surface area contributed by atoms with Crippen LogP contribution in [0.1, 0.15) is 22.5 Å². The minimum absolute atomic E-state index is 0.184. The number of aliphatic hydroxyl groups excluding tert-OH is 1. The summed E-state index contributed by atoms with van der Waals surface area (Å²) in [5.41, 5.74) is 8.35. The highest BCUT2D eigenvalue weighted by atomic mass is 16.3. The summed E-state index contributed by atoms with van der Waals surface area (Å²) in [6.45, 7) is 0.426. The normalized spacial score (nSPS) is 11.5. The van der Waals surface area contributed by atoms with Crippen LogP contribution in [0.3, 0.4) is 0 Å². The highest BCUT2D eigenvalue weighted by Gasteiger charge is 2.13. The summed E-state index contributed by atoms with van der Waals surface area (Å²) in [7, 11) is 1.64. The molecule has 0 saturated carbocycles. The fraction of sp³-hybridized carbons (Fsp3) is 0.190. The van der Waals surface area contributed by atoms with Crippen molar-refractivity contribution in [2.75, 3.05) is 13.6 Å². The second-order valence-electron chi connectivity index (χ2n) is 6.40. The SMILES string of the molecule is CN(C=O)CC[C@@H](O)C#Cc1cccc(-c2cc3cc[nH]c3c(C(N)=O)n2)c1. The lowest BCUT2D eigenvalue weighted by Crippen LogP contribution is -2.21. The van der Waals surface area contributed by atoms with E-state index in [0.29, 0.717) is 36.1 Å². The Hall–Kier alpha value is -3.63. The van der Waals surface area contributed by atoms with Crippen LogP contribution in [0.25, 0.3) is 22.2 Å². The third-order valence-electron chi connectivity index (χ3n) is 4.25. The summed E-state index contributed by atoms with van der Waals surface area (Å²) in [6, 6.07) is 11.1. The smallest absolute Gasteiger partial charge is 0.269 e. The Balaban J connectivity index is 1.86. The monoisotopic (exact) mass is 376 g/mol. The molecule has 3 rings (SSSR count). The van der Waals surface area contributed by atoms with Gasteiger partial charge < -0.3 is 20.7 Å². The Labute approximate surface area is 162 Å². The molecule has 0 bridgehead atoms. The van der Waals surface area contributed by atoms with E-state index >= 15 is 0 Å². The van der Waals surface area contributed by atoms with Crippen LogP contribution < -0.4 is 5.73 Å². The van der Waals surface area contributed by atoms with E-state index in [1.54, 1.807) is 13.2 Å². The molecule has 0 unspecified atom stereocenters. The molecule has 142 valence electrons. The predicted octanol–water partition coefficient (Wildman–Crippen LogP) is 1.52. The van der Waals surface area contributed by atoms with Crippen molar-refractivity contribution in [1.82, 2.24) is 14.9 Å². The van der Waals surface area contributed by atoms with Crippen LogP contribution in [0.4, 0.5) is 0 Å². The first-order valence-electron chi connectivity index (χ1n) is 8.71. The van der Waals surface area contributed by atoms with Crippen LogP contribution in [-0.2, 0) is 4.79 Å². The summed E-state index contributed by atoms with van der Waals surface area (Å²) < 4.78 is 0. The molecule has 2 amide bonds. The third kappa shape index (κ3) is 4.37. The van der Waals surface area contributed by atoms with Crippen LogP contribution >= 0.6 is 0 Å². The number of amides is 2. The molecular weight excluding hydrogens is 356 g/mol. The molecule has 2 heterocycles. The first-order valence-corrected chi connectivity index (χ1v) is 8.71. The predicted molar refractivity (Wildman–Crippen MR) is 106 cm³/mol. The maximum Gasteiger partial charge on any atom is 0.269 e. The van der Waals surface area contributed by atoms with Gasteiger partial charge >= 0.3 is 0 Å². The molecule has 1 aromatic carbocycles. The molecule has 7 nitrogen and oxygen atoms in total. The van der Waals surface area contributed by atoms with E-state index < -0.39 is 12.0 Å². The van der Waals surface area contributed by atoms with E-state index in [0.717, 1.165) is 10.9 Å². The molecule has 4 N–H and O–H groups in total. The zero-order chi connectivity index (χ0) is 20.1. The number of carbonyl (C=O) groups is 2. The van der Waals surface area contributed by atoms with Gasteiger partial charge in [0, 0.05) is 42.7 Å². The van der Waals surface area contributed by atoms with E-state index in [1.807, 2.05) is 36.4 Å². The topological polar surface area (TPSA) is 112 Å². The summed E-state index contributed by atoms with van der Waals surface area (Å²) in [5.74, 6) is 5.11. The van der Waals surface area contributed by atoms with Crippen LogP contribution in [0.2, 0.25) is 0 Å². The number of pyridine rings is 1. The maximum absolute atomic E-state index is 11.7. The van der Waals surface area contributed by atoms with Crippen LogP contribution in [-0.4, -0.2) is 52.0 Å². The van der Waals surface area contributed by atoms with Crippen molar-refractivity contribution in [3.05, 3.63) is 53.9 Å². The van der Waals surface area contributed by atoms with E-state index in [1.165, 1.54) is 4.90 Å². The Morgan fingerprint density at radius 3 is 2.96 bits per heavy atom. The Morgan fingerprint density at radius 2 is 2.21 bits per heavy atom. The minimum atomic E-state index is -0.832. The molecule has 0 radical (unpaired) electrons. The van der Waals surface area contributed by atoms with Crippen LogP contribution in [0, 0.1) is 11.8 Å². The van der Waals surface area contributed by atoms with Crippen LogP contribution in [0.5, 0.6) is 0 Å². The first kappa shape index (κ1) is 19.1. The van der Waals surface area contributed by atoms with Gasteiger partial charge in [-0.1, -0.05) is 24.0 Å². The molecule has 3 aromatic rings. The van der Waals surface area contributed by atoms with Gasteiger partial charge in [0.15, 0.2) is 5.69 Å². The number of nitrogens with two attached hydrogens (primary N) is 1. The van der Waals surface area contributed by atoms with Gasteiger partial charge in [0.25, 0.3) is 5.91 Å². The minimum Gasteiger partial charge on any atom is -0.380 e. The largest absolute Gasteiger partial charge is 0.380 e. The van der Waals surface area contributed by atoms with Crippen molar-refractivity contribution in [2.24, 2.45) is 5.73 Å². The van der Waals surface area contributed by atoms with E-state index in [-0.39, 0.29) is 5.69 Å². The second kappa shape index (κ2) is 8.37. The molecule has 0 aliphatic rings. The Kier molecular flexibility index (Phi) is 5.72. The lowest BCUT2D eigenvalue weighted by atomic mass is 10.1. The molecule has 1 atom stereocenters. The third-order valence-corrected chi connectivity index (χ3v) is 4.25. The average molecular weight is 376 g/mol. The number of nitrogens with zero attached hydrogens (tertiary/aromatic N) is 2. The number of aromatic amines is 1. The molecule has 0 fully saturated rings. The number of H-pyrrole nitrogens is 1. The summed E-state index contributed by atoms with van der Waals surface area (Å²) in [6.07, 6.45) is 1.98. The van der Waals surface area contributed by atoms with Gasteiger partial charge in [0.2, 0.25) is 6.41 Å². The molecule has 0 aliphatic carbocycles. The number of benzene rings is 1. The average Bonchev–Trinajstić information content (AvgIpc) is 3.18. The molecule has 7 heteroatoms. The number of aliphatic hydroxyl groups is 1. The number of rotatable bonds is 6. The molecule has 0 aliphatic heterocycles. The van der Waals surface area contributed by atoms with Gasteiger partial charge in [-0.3, -0.25) is 9.59 Å². The van der Waals surface area contributed by atoms with Gasteiger partial charge in [-0.25, -0.2) is 4.98 Å². The van der Waals surface area contributed by atoms with Crippen molar-refractivity contribution in [2.45, 2.75) is 12.5 Å². The van der Waals surface area contributed by atoms with Gasteiger partial charge in [-0.2, -0.15) is 0 Å². The highest BCUT2D eigenvalue weighted by molar-refractivity contribution is 6.04. The van der Waals surface area contributed by atoms with Crippen molar-refractivity contribution >= 4 is 23.2 Å². The Bertz CT molecular complexity index is 1080.